The number of nitrogens with one attached hydrogen (secondary N) is 1. The first-order chi connectivity index (χ1) is 7.93. The van der Waals surface area contributed by atoms with Crippen LogP contribution in [0.15, 0.2) is 36.7 Å². The fraction of sp³-hybridized carbons (Fsp3) is 0.231. The van der Waals surface area contributed by atoms with Crippen LogP contribution in [0.4, 0.5) is 0 Å². The molecule has 0 bridgehead atoms. The average molecular weight is 211 g/mol. The molecular weight excluding hydrogens is 198 g/mol. The summed E-state index contributed by atoms with van der Waals surface area (Å²) in [5.74, 6) is 0. The van der Waals surface area contributed by atoms with E-state index in [0.29, 0.717) is 0 Å². The van der Waals surface area contributed by atoms with Crippen molar-refractivity contribution in [1.82, 2.24) is 15.3 Å². The summed E-state index contributed by atoms with van der Waals surface area (Å²) in [6.45, 7) is 1.96. The van der Waals surface area contributed by atoms with Gasteiger partial charge < -0.3 is 5.32 Å². The monoisotopic (exact) mass is 211 g/mol. The van der Waals surface area contributed by atoms with Gasteiger partial charge in [-0.25, -0.2) is 0 Å². The second-order valence-corrected chi connectivity index (χ2v) is 3.97. The maximum atomic E-state index is 4.70. The predicted molar refractivity (Wildman–Crippen MR) is 62.9 cm³/mol. The van der Waals surface area contributed by atoms with Crippen molar-refractivity contribution < 1.29 is 0 Å². The zero-order chi connectivity index (χ0) is 10.8. The van der Waals surface area contributed by atoms with Crippen molar-refractivity contribution in [2.75, 3.05) is 6.54 Å². The zero-order valence-electron chi connectivity index (χ0n) is 8.98. The van der Waals surface area contributed by atoms with Crippen LogP contribution in [0.1, 0.15) is 11.3 Å². The van der Waals surface area contributed by atoms with Crippen molar-refractivity contribution in [3.05, 3.63) is 47.9 Å². The van der Waals surface area contributed by atoms with E-state index in [0.717, 1.165) is 30.8 Å². The largest absolute Gasteiger partial charge is 0.312 e. The normalized spacial score (nSPS) is 14.5. The Labute approximate surface area is 94.6 Å². The molecule has 80 valence electrons. The van der Waals surface area contributed by atoms with Gasteiger partial charge in [0.25, 0.3) is 0 Å². The van der Waals surface area contributed by atoms with Crippen LogP contribution in [0.2, 0.25) is 0 Å². The Kier molecular flexibility index (Phi) is 2.38. The second kappa shape index (κ2) is 4.02. The zero-order valence-corrected chi connectivity index (χ0v) is 8.98. The molecule has 1 aliphatic rings. The Bertz CT molecular complexity index is 494. The van der Waals surface area contributed by atoms with Crippen molar-refractivity contribution in [2.24, 2.45) is 0 Å². The summed E-state index contributed by atoms with van der Waals surface area (Å²) in [5, 5.41) is 3.35. The summed E-state index contributed by atoms with van der Waals surface area (Å²) in [7, 11) is 0. The van der Waals surface area contributed by atoms with E-state index in [9.17, 15) is 0 Å². The lowest BCUT2D eigenvalue weighted by Gasteiger charge is -2.16. The molecule has 3 heterocycles. The molecule has 0 spiro atoms. The second-order valence-electron chi connectivity index (χ2n) is 3.97. The van der Waals surface area contributed by atoms with Gasteiger partial charge in [0.15, 0.2) is 0 Å². The summed E-state index contributed by atoms with van der Waals surface area (Å²) in [6.07, 6.45) is 4.66. The van der Waals surface area contributed by atoms with Crippen molar-refractivity contribution in [2.45, 2.75) is 13.0 Å². The van der Waals surface area contributed by atoms with Crippen LogP contribution in [0, 0.1) is 0 Å². The van der Waals surface area contributed by atoms with Crippen LogP contribution in [0.5, 0.6) is 0 Å². The average Bonchev–Trinajstić information content (AvgIpc) is 2.39. The van der Waals surface area contributed by atoms with E-state index in [4.69, 9.17) is 4.98 Å². The molecule has 16 heavy (non-hydrogen) atoms. The first-order valence-corrected chi connectivity index (χ1v) is 5.53. The molecule has 2 aromatic rings. The van der Waals surface area contributed by atoms with Crippen molar-refractivity contribution >= 4 is 0 Å². The molecule has 3 nitrogen and oxygen atoms in total. The number of nitrogens with zero attached hydrogens (tertiary/aromatic N) is 2. The highest BCUT2D eigenvalue weighted by atomic mass is 14.9. The number of pyridine rings is 2. The van der Waals surface area contributed by atoms with Crippen molar-refractivity contribution in [3.8, 4) is 11.3 Å². The maximum Gasteiger partial charge on any atom is 0.0721 e. The molecule has 0 aliphatic carbocycles. The number of aromatic nitrogens is 2. The van der Waals surface area contributed by atoms with Crippen LogP contribution in [-0.2, 0) is 13.0 Å². The van der Waals surface area contributed by atoms with Crippen LogP contribution in [0.25, 0.3) is 11.3 Å². The molecule has 0 radical (unpaired) electrons. The molecule has 2 aromatic heterocycles. The molecule has 0 amide bonds. The molecule has 3 rings (SSSR count). The maximum absolute atomic E-state index is 4.70. The molecule has 0 saturated carbocycles. The van der Waals surface area contributed by atoms with E-state index in [2.05, 4.69) is 22.4 Å². The molecule has 0 atom stereocenters. The lowest BCUT2D eigenvalue weighted by molar-refractivity contribution is 0.631. The van der Waals surface area contributed by atoms with Gasteiger partial charge >= 0.3 is 0 Å². The Morgan fingerprint density at radius 2 is 2.19 bits per heavy atom. The van der Waals surface area contributed by atoms with Crippen LogP contribution >= 0.6 is 0 Å². The molecule has 0 aromatic carbocycles. The highest BCUT2D eigenvalue weighted by Crippen LogP contribution is 2.19. The van der Waals surface area contributed by atoms with E-state index in [-0.39, 0.29) is 0 Å². The van der Waals surface area contributed by atoms with Gasteiger partial charge in [-0.05, 0) is 23.8 Å². The summed E-state index contributed by atoms with van der Waals surface area (Å²) in [6, 6.07) is 8.22. The highest BCUT2D eigenvalue weighted by Gasteiger charge is 2.10. The van der Waals surface area contributed by atoms with E-state index in [1.54, 1.807) is 6.20 Å². The van der Waals surface area contributed by atoms with Gasteiger partial charge in [0, 0.05) is 43.2 Å². The minimum absolute atomic E-state index is 0.940. The van der Waals surface area contributed by atoms with Crippen molar-refractivity contribution in [3.63, 3.8) is 0 Å². The van der Waals surface area contributed by atoms with Gasteiger partial charge in [0.05, 0.1) is 5.69 Å². The topological polar surface area (TPSA) is 37.8 Å². The summed E-state index contributed by atoms with van der Waals surface area (Å²) in [4.78, 5) is 8.82. The lowest BCUT2D eigenvalue weighted by atomic mass is 10.1. The molecule has 0 unspecified atom stereocenters. The van der Waals surface area contributed by atoms with Gasteiger partial charge in [-0.1, -0.05) is 6.07 Å². The molecule has 1 N–H and O–H groups in total. The fourth-order valence-electron chi connectivity index (χ4n) is 2.01. The molecule has 1 aliphatic heterocycles. The summed E-state index contributed by atoms with van der Waals surface area (Å²) in [5.41, 5.74) is 4.65. The predicted octanol–water partition coefficient (Wildman–Crippen LogP) is 1.79. The Hall–Kier alpha value is -1.74. The van der Waals surface area contributed by atoms with Crippen LogP contribution in [-0.4, -0.2) is 16.5 Å². The minimum Gasteiger partial charge on any atom is -0.312 e. The molecule has 3 heteroatoms. The summed E-state index contributed by atoms with van der Waals surface area (Å²) < 4.78 is 0. The van der Waals surface area contributed by atoms with Crippen LogP contribution < -0.4 is 5.32 Å². The van der Waals surface area contributed by atoms with Crippen LogP contribution in [0.3, 0.4) is 0 Å². The Balaban J connectivity index is 2.03. The first-order valence-electron chi connectivity index (χ1n) is 5.53. The first kappa shape index (κ1) is 9.48. The minimum atomic E-state index is 0.940. The van der Waals surface area contributed by atoms with Gasteiger partial charge in [-0.15, -0.1) is 0 Å². The van der Waals surface area contributed by atoms with Gasteiger partial charge in [0.1, 0.15) is 0 Å². The van der Waals surface area contributed by atoms with E-state index in [1.165, 1.54) is 11.3 Å². The lowest BCUT2D eigenvalue weighted by Crippen LogP contribution is -2.24. The smallest absolute Gasteiger partial charge is 0.0721 e. The van der Waals surface area contributed by atoms with Gasteiger partial charge in [-0.2, -0.15) is 0 Å². The number of hydrogen-bond donors (Lipinski definition) is 1. The van der Waals surface area contributed by atoms with Gasteiger partial charge in [0.2, 0.25) is 0 Å². The number of hydrogen-bond acceptors (Lipinski definition) is 3. The van der Waals surface area contributed by atoms with Gasteiger partial charge in [-0.3, -0.25) is 9.97 Å². The van der Waals surface area contributed by atoms with E-state index in [1.807, 2.05) is 18.3 Å². The third kappa shape index (κ3) is 1.70. The number of fused-ring (bicyclic) bond motifs is 1. The molecular formula is C13H13N3. The SMILES string of the molecule is c1cncc(-c2ccc3c(n2)CCNC3)c1. The molecule has 0 saturated heterocycles. The van der Waals surface area contributed by atoms with E-state index < -0.39 is 0 Å². The van der Waals surface area contributed by atoms with E-state index >= 15 is 0 Å². The number of rotatable bonds is 1. The molecule has 0 fully saturated rings. The third-order valence-corrected chi connectivity index (χ3v) is 2.88. The third-order valence-electron chi connectivity index (χ3n) is 2.88. The fourth-order valence-corrected chi connectivity index (χ4v) is 2.01. The Morgan fingerprint density at radius 3 is 3.06 bits per heavy atom. The highest BCUT2D eigenvalue weighted by molar-refractivity contribution is 5.58. The Morgan fingerprint density at radius 1 is 1.19 bits per heavy atom. The summed E-state index contributed by atoms with van der Waals surface area (Å²) >= 11 is 0. The standard InChI is InChI=1S/C13H13N3/c1-2-10(8-14-6-1)12-4-3-11-9-15-7-5-13(11)16-12/h1-4,6,8,15H,5,7,9H2. The van der Waals surface area contributed by atoms with Crippen molar-refractivity contribution in [1.29, 1.82) is 0 Å². The quantitative estimate of drug-likeness (QED) is 0.781.